The van der Waals surface area contributed by atoms with Crippen LogP contribution in [0.4, 0.5) is 17.7 Å². The number of benzene rings is 2. The first-order valence-electron chi connectivity index (χ1n) is 12.4. The number of methoxy groups -OCH3 is 1. The van der Waals surface area contributed by atoms with Crippen molar-refractivity contribution in [1.29, 1.82) is 0 Å². The normalized spacial score (nSPS) is 11.6. The first-order valence-corrected chi connectivity index (χ1v) is 12.4. The van der Waals surface area contributed by atoms with E-state index in [0.717, 1.165) is 22.5 Å². The largest absolute Gasteiger partial charge is 0.465 e. The summed E-state index contributed by atoms with van der Waals surface area (Å²) >= 11 is 0. The van der Waals surface area contributed by atoms with Crippen LogP contribution in [0.5, 0.6) is 0 Å². The molecule has 1 amide bonds. The number of carbonyl (C=O) groups is 2. The van der Waals surface area contributed by atoms with Gasteiger partial charge in [0.1, 0.15) is 5.82 Å². The number of nitrogens with one attached hydrogen (secondary N) is 1. The lowest BCUT2D eigenvalue weighted by molar-refractivity contribution is 0.0600. The minimum Gasteiger partial charge on any atom is -0.465 e. The molecule has 0 bridgehead atoms. The Hall–Kier alpha value is -5.13. The highest BCUT2D eigenvalue weighted by Crippen LogP contribution is 2.25. The van der Waals surface area contributed by atoms with E-state index in [1.54, 1.807) is 30.3 Å². The van der Waals surface area contributed by atoms with Crippen LogP contribution in [0.1, 0.15) is 33.3 Å². The molecule has 3 heterocycles. The molecule has 0 aliphatic heterocycles. The second-order valence-electron chi connectivity index (χ2n) is 8.97. The lowest BCUT2D eigenvalue weighted by atomic mass is 10.2. The van der Waals surface area contributed by atoms with Crippen molar-refractivity contribution in [3.63, 3.8) is 0 Å². The molecule has 5 N–H and O–H groups in total. The van der Waals surface area contributed by atoms with Crippen molar-refractivity contribution in [2.24, 2.45) is 5.73 Å². The van der Waals surface area contributed by atoms with Crippen LogP contribution in [0, 0.1) is 6.92 Å². The van der Waals surface area contributed by atoms with E-state index in [4.69, 9.17) is 21.2 Å². The quantitative estimate of drug-likeness (QED) is 0.194. The van der Waals surface area contributed by atoms with E-state index in [0.29, 0.717) is 53.7 Å². The van der Waals surface area contributed by atoms with E-state index in [-0.39, 0.29) is 0 Å². The molecule has 12 heteroatoms. The number of nitrogen functional groups attached to an aromatic ring is 1. The van der Waals surface area contributed by atoms with E-state index in [1.165, 1.54) is 7.11 Å². The van der Waals surface area contributed by atoms with Gasteiger partial charge in [0.05, 0.1) is 40.4 Å². The van der Waals surface area contributed by atoms with Crippen molar-refractivity contribution in [3.05, 3.63) is 71.4 Å². The number of allylic oxidation sites excluding steroid dienone is 2. The van der Waals surface area contributed by atoms with Gasteiger partial charge in [0.25, 0.3) is 0 Å². The Bertz CT molecular complexity index is 1740. The maximum Gasteiger partial charge on any atom is 0.337 e. The van der Waals surface area contributed by atoms with Crippen LogP contribution >= 0.6 is 0 Å². The van der Waals surface area contributed by atoms with Crippen molar-refractivity contribution >= 4 is 51.7 Å². The van der Waals surface area contributed by atoms with Crippen molar-refractivity contribution < 1.29 is 14.3 Å². The van der Waals surface area contributed by atoms with Gasteiger partial charge in [0.2, 0.25) is 17.8 Å². The molecule has 2 aromatic carbocycles. The molecule has 39 heavy (non-hydrogen) atoms. The third-order valence-electron chi connectivity index (χ3n) is 6.42. The molecule has 0 fully saturated rings. The molecular formula is C27H29N9O3. The molecule has 0 aliphatic carbocycles. The zero-order valence-corrected chi connectivity index (χ0v) is 21.9. The molecule has 0 unspecified atom stereocenters. The second-order valence-corrected chi connectivity index (χ2v) is 8.97. The lowest BCUT2D eigenvalue weighted by Gasteiger charge is -2.10. The molecule has 0 radical (unpaired) electrons. The predicted octanol–water partition coefficient (Wildman–Crippen LogP) is 3.38. The third kappa shape index (κ3) is 4.91. The number of imidazole rings is 2. The Labute approximate surface area is 223 Å². The molecule has 5 aromatic rings. The third-order valence-corrected chi connectivity index (χ3v) is 6.42. The number of hydrogen-bond acceptors (Lipinski definition) is 8. The molecule has 0 saturated carbocycles. The minimum absolute atomic E-state index is 0.338. The first kappa shape index (κ1) is 25.5. The first-order chi connectivity index (χ1) is 18.8. The fourth-order valence-corrected chi connectivity index (χ4v) is 4.51. The number of fused-ring (bicyclic) bond motifs is 2. The number of carbonyl (C=O) groups excluding carboxylic acids is 2. The molecule has 12 nitrogen and oxygen atoms in total. The van der Waals surface area contributed by atoms with Gasteiger partial charge >= 0.3 is 5.97 Å². The fourth-order valence-electron chi connectivity index (χ4n) is 4.51. The van der Waals surface area contributed by atoms with Crippen LogP contribution in [-0.2, 0) is 24.4 Å². The summed E-state index contributed by atoms with van der Waals surface area (Å²) < 4.78 is 10.6. The maximum atomic E-state index is 12.1. The number of anilines is 3. The van der Waals surface area contributed by atoms with E-state index < -0.39 is 11.9 Å². The number of ether oxygens (including phenoxy) is 1. The highest BCUT2D eigenvalue weighted by molar-refractivity contribution is 5.96. The van der Waals surface area contributed by atoms with E-state index in [2.05, 4.69) is 15.4 Å². The van der Waals surface area contributed by atoms with Crippen molar-refractivity contribution in [3.8, 4) is 0 Å². The molecule has 0 aliphatic rings. The Kier molecular flexibility index (Phi) is 6.75. The standard InChI is InChI=1S/C27H29N9O3/c1-4-36-23(13-16(2)33-36)32-27-31-20-15-18(25(38)39-3)8-10-22(20)35(27)12-6-5-11-34-21-9-7-17(24(28)37)14-19(21)30-26(34)29/h5-10,13-15H,4,11-12H2,1-3H3,(H2,28,37)(H2,29,30)(H,31,32)/b6-5+. The molecule has 200 valence electrons. The number of primary amides is 1. The van der Waals surface area contributed by atoms with E-state index in [9.17, 15) is 9.59 Å². The average Bonchev–Trinajstić information content (AvgIpc) is 3.56. The molecule has 0 atom stereocenters. The van der Waals surface area contributed by atoms with Crippen LogP contribution in [-0.4, -0.2) is 47.9 Å². The number of aryl methyl sites for hydroxylation is 2. The minimum atomic E-state index is -0.516. The highest BCUT2D eigenvalue weighted by Gasteiger charge is 2.16. The van der Waals surface area contributed by atoms with Gasteiger partial charge in [-0.15, -0.1) is 0 Å². The van der Waals surface area contributed by atoms with Gasteiger partial charge in [-0.2, -0.15) is 5.10 Å². The van der Waals surface area contributed by atoms with Crippen molar-refractivity contribution in [2.45, 2.75) is 33.5 Å². The maximum absolute atomic E-state index is 12.1. The zero-order valence-electron chi connectivity index (χ0n) is 21.9. The Morgan fingerprint density at radius 3 is 2.31 bits per heavy atom. The van der Waals surface area contributed by atoms with Gasteiger partial charge in [-0.1, -0.05) is 12.2 Å². The summed E-state index contributed by atoms with van der Waals surface area (Å²) in [7, 11) is 1.35. The molecule has 3 aromatic heterocycles. The van der Waals surface area contributed by atoms with Gasteiger partial charge < -0.3 is 30.7 Å². The highest BCUT2D eigenvalue weighted by atomic mass is 16.5. The van der Waals surface area contributed by atoms with Gasteiger partial charge in [-0.25, -0.2) is 19.4 Å². The number of aromatic nitrogens is 6. The molecule has 5 rings (SSSR count). The fraction of sp³-hybridized carbons (Fsp3) is 0.222. The number of nitrogens with zero attached hydrogens (tertiary/aromatic N) is 6. The van der Waals surface area contributed by atoms with Crippen LogP contribution in [0.3, 0.4) is 0 Å². The summed E-state index contributed by atoms with van der Waals surface area (Å²) in [5.41, 5.74) is 16.1. The van der Waals surface area contributed by atoms with Gasteiger partial charge in [-0.05, 0) is 50.2 Å². The van der Waals surface area contributed by atoms with E-state index >= 15 is 0 Å². The summed E-state index contributed by atoms with van der Waals surface area (Å²) in [6.45, 7) is 5.62. The summed E-state index contributed by atoms with van der Waals surface area (Å²) in [5.74, 6) is 0.825. The molecule has 0 saturated heterocycles. The lowest BCUT2D eigenvalue weighted by Crippen LogP contribution is -2.10. The van der Waals surface area contributed by atoms with Crippen LogP contribution in [0.15, 0.2) is 54.6 Å². The molecule has 0 spiro atoms. The average molecular weight is 528 g/mol. The predicted molar refractivity (Wildman–Crippen MR) is 149 cm³/mol. The number of nitrogens with two attached hydrogens (primary N) is 2. The number of esters is 1. The van der Waals surface area contributed by atoms with Crippen LogP contribution < -0.4 is 16.8 Å². The Morgan fingerprint density at radius 1 is 0.974 bits per heavy atom. The Balaban J connectivity index is 1.45. The number of hydrogen-bond donors (Lipinski definition) is 3. The molecular weight excluding hydrogens is 498 g/mol. The van der Waals surface area contributed by atoms with Gasteiger partial charge in [0, 0.05) is 31.3 Å². The van der Waals surface area contributed by atoms with Gasteiger partial charge in [0.15, 0.2) is 0 Å². The SMILES string of the molecule is CCn1nc(C)cc1Nc1nc2cc(C(=O)OC)ccc2n1C/C=C/Cn1c(N)nc2cc(C(N)=O)ccc21. The van der Waals surface area contributed by atoms with E-state index in [1.807, 2.05) is 51.9 Å². The number of amides is 1. The smallest absolute Gasteiger partial charge is 0.337 e. The van der Waals surface area contributed by atoms with Gasteiger partial charge in [-0.3, -0.25) is 4.79 Å². The summed E-state index contributed by atoms with van der Waals surface area (Å²) in [5, 5.41) is 7.90. The zero-order chi connectivity index (χ0) is 27.7. The van der Waals surface area contributed by atoms with Crippen LogP contribution in [0.2, 0.25) is 0 Å². The summed E-state index contributed by atoms with van der Waals surface area (Å²) in [6.07, 6.45) is 3.99. The van der Waals surface area contributed by atoms with Crippen molar-refractivity contribution in [1.82, 2.24) is 28.9 Å². The topological polar surface area (TPSA) is 161 Å². The second kappa shape index (κ2) is 10.3. The van der Waals surface area contributed by atoms with Crippen molar-refractivity contribution in [2.75, 3.05) is 18.2 Å². The summed E-state index contributed by atoms with van der Waals surface area (Å²) in [6, 6.07) is 12.3. The number of rotatable bonds is 9. The summed E-state index contributed by atoms with van der Waals surface area (Å²) in [4.78, 5) is 32.7. The van der Waals surface area contributed by atoms with Crippen LogP contribution in [0.25, 0.3) is 22.1 Å². The Morgan fingerprint density at radius 2 is 1.62 bits per heavy atom. The monoisotopic (exact) mass is 527 g/mol.